The first-order valence-corrected chi connectivity index (χ1v) is 12.7. The van der Waals surface area contributed by atoms with Gasteiger partial charge in [-0.2, -0.15) is 0 Å². The molecular weight excluding hydrogens is 546 g/mol. The minimum absolute atomic E-state index is 0.0764. The van der Waals surface area contributed by atoms with Crippen molar-refractivity contribution < 1.29 is 38.5 Å². The number of amides is 1. The number of halogens is 1. The van der Waals surface area contributed by atoms with Gasteiger partial charge >= 0.3 is 11.7 Å². The molecule has 0 fully saturated rings. The predicted molar refractivity (Wildman–Crippen MR) is 143 cm³/mol. The molecule has 1 aliphatic heterocycles. The van der Waals surface area contributed by atoms with Gasteiger partial charge in [0.15, 0.2) is 17.3 Å². The maximum atomic E-state index is 14.2. The van der Waals surface area contributed by atoms with E-state index in [1.165, 1.54) is 19.1 Å². The fourth-order valence-electron chi connectivity index (χ4n) is 4.61. The fourth-order valence-corrected chi connectivity index (χ4v) is 4.79. The van der Waals surface area contributed by atoms with E-state index in [4.69, 9.17) is 30.3 Å². The summed E-state index contributed by atoms with van der Waals surface area (Å²) in [5.74, 6) is -2.02. The normalized spacial score (nSPS) is 17.4. The van der Waals surface area contributed by atoms with E-state index in [-0.39, 0.29) is 25.4 Å². The Hall–Kier alpha value is -3.87. The van der Waals surface area contributed by atoms with Crippen molar-refractivity contribution in [1.82, 2.24) is 9.72 Å². The monoisotopic (exact) mass is 575 g/mol. The van der Waals surface area contributed by atoms with Crippen molar-refractivity contribution in [3.8, 4) is 11.5 Å². The summed E-state index contributed by atoms with van der Waals surface area (Å²) in [6, 6.07) is 10.3. The molecule has 0 saturated heterocycles. The van der Waals surface area contributed by atoms with E-state index in [0.717, 1.165) is 4.57 Å². The number of anilines is 1. The molecule has 0 bridgehead atoms. The van der Waals surface area contributed by atoms with Gasteiger partial charge in [-0.1, -0.05) is 42.7 Å². The number of para-hydroxylation sites is 1. The van der Waals surface area contributed by atoms with Gasteiger partial charge in [-0.3, -0.25) is 14.1 Å². The Bertz CT molecular complexity index is 1470. The number of nitrogens with zero attached hydrogens (tertiary/aromatic N) is 3. The first-order chi connectivity index (χ1) is 19.0. The smallest absolute Gasteiger partial charge is 0.442 e. The zero-order valence-electron chi connectivity index (χ0n) is 22.4. The molecule has 0 aliphatic carbocycles. The Balaban J connectivity index is 1.92. The molecule has 2 N–H and O–H groups in total. The summed E-state index contributed by atoms with van der Waals surface area (Å²) in [7, 11) is 2.98. The molecule has 0 spiro atoms. The number of rotatable bonds is 10. The molecule has 1 amide bonds. The van der Waals surface area contributed by atoms with Crippen LogP contribution in [0.15, 0.2) is 45.7 Å². The summed E-state index contributed by atoms with van der Waals surface area (Å²) in [6.45, 7) is 2.81. The number of carbonyl (C=O) groups is 2. The highest BCUT2D eigenvalue weighted by Gasteiger charge is 2.40. The zero-order chi connectivity index (χ0) is 29.2. The molecule has 40 heavy (non-hydrogen) atoms. The lowest BCUT2D eigenvalue weighted by atomic mass is 9.92. The fraction of sp³-hybridized carbons (Fsp3) is 0.407. The molecule has 1 aromatic heterocycles. The van der Waals surface area contributed by atoms with Crippen molar-refractivity contribution in [3.63, 3.8) is 0 Å². The maximum Gasteiger partial charge on any atom is 0.442 e. The van der Waals surface area contributed by atoms with Crippen molar-refractivity contribution in [2.45, 2.75) is 39.0 Å². The molecule has 2 heterocycles. The summed E-state index contributed by atoms with van der Waals surface area (Å²) < 4.78 is 23.2. The van der Waals surface area contributed by atoms with Crippen LogP contribution in [0, 0.1) is 5.41 Å². The summed E-state index contributed by atoms with van der Waals surface area (Å²) in [6.07, 6.45) is -2.45. The molecule has 1 aliphatic rings. The highest BCUT2D eigenvalue weighted by Crippen LogP contribution is 2.45. The Labute approximate surface area is 234 Å². The number of carbonyl (C=O) groups excluding carboxylic acids is 1. The average molecular weight is 576 g/mol. The highest BCUT2D eigenvalue weighted by molar-refractivity contribution is 6.30. The average Bonchev–Trinajstić information content (AvgIpc) is 3.21. The van der Waals surface area contributed by atoms with Gasteiger partial charge in [0.1, 0.15) is 18.8 Å². The third-order valence-corrected chi connectivity index (χ3v) is 6.79. The van der Waals surface area contributed by atoms with Gasteiger partial charge in [0.2, 0.25) is 0 Å². The Morgan fingerprint density at radius 1 is 1.15 bits per heavy atom. The first-order valence-electron chi connectivity index (χ1n) is 12.3. The molecule has 2 atom stereocenters. The highest BCUT2D eigenvalue weighted by atomic mass is 35.5. The second-order valence-corrected chi connectivity index (χ2v) is 10.5. The molecule has 3 aromatic rings. The van der Waals surface area contributed by atoms with Crippen LogP contribution in [0.2, 0.25) is 5.02 Å². The van der Waals surface area contributed by atoms with E-state index in [0.29, 0.717) is 33.3 Å². The van der Waals surface area contributed by atoms with Gasteiger partial charge in [-0.25, -0.2) is 9.36 Å². The number of hydrogen-bond acceptors (Lipinski definition) is 9. The minimum atomic E-state index is -1.29. The Kier molecular flexibility index (Phi) is 8.52. The van der Waals surface area contributed by atoms with Crippen LogP contribution in [0.25, 0.3) is 0 Å². The zero-order valence-corrected chi connectivity index (χ0v) is 23.2. The number of hydrogen-bond donors (Lipinski definition) is 2. The second-order valence-electron chi connectivity index (χ2n) is 10.1. The van der Waals surface area contributed by atoms with Crippen LogP contribution >= 0.6 is 11.6 Å². The van der Waals surface area contributed by atoms with E-state index in [9.17, 15) is 24.6 Å². The van der Waals surface area contributed by atoms with Gasteiger partial charge in [0.25, 0.3) is 5.91 Å². The maximum absolute atomic E-state index is 14.2. The molecule has 0 saturated carbocycles. The predicted octanol–water partition coefficient (Wildman–Crippen LogP) is 2.67. The summed E-state index contributed by atoms with van der Waals surface area (Å²) in [5, 5.41) is 23.4. The van der Waals surface area contributed by atoms with Crippen LogP contribution in [0.4, 0.5) is 5.69 Å². The van der Waals surface area contributed by atoms with E-state index in [1.54, 1.807) is 50.2 Å². The van der Waals surface area contributed by atoms with Gasteiger partial charge in [0.05, 0.1) is 14.2 Å². The molecular formula is C27H30ClN3O9. The number of fused-ring (bicyclic) bond motifs is 1. The van der Waals surface area contributed by atoms with Crippen molar-refractivity contribution in [1.29, 1.82) is 0 Å². The minimum Gasteiger partial charge on any atom is -0.493 e. The number of methoxy groups -OCH3 is 2. The Morgan fingerprint density at radius 3 is 2.55 bits per heavy atom. The van der Waals surface area contributed by atoms with Crippen LogP contribution in [-0.2, 0) is 27.3 Å². The van der Waals surface area contributed by atoms with E-state index in [1.807, 2.05) is 0 Å². The largest absolute Gasteiger partial charge is 0.493 e. The quantitative estimate of drug-likeness (QED) is 0.369. The third kappa shape index (κ3) is 5.83. The standard InChI is InChI=1S/C27H30ClN3O9/c1-27(2,14-32)13-31-18-9-8-15(28)10-17(18)23(16-6-5-7-19(37-3)24(16)38-4)39-20(25(31)35)11-21-29-40-26(36)30(21)12-22(33)34/h5-10,20,23,32H,11-14H2,1-4H3,(H,33,34)/t20-,23-/m1/s1. The first kappa shape index (κ1) is 29.1. The molecule has 0 radical (unpaired) electrons. The number of carboxylic acid groups (broad SMARTS) is 1. The van der Waals surface area contributed by atoms with Crippen LogP contribution in [0.3, 0.4) is 0 Å². The number of aliphatic carboxylic acids is 1. The van der Waals surface area contributed by atoms with Crippen LogP contribution in [0.5, 0.6) is 11.5 Å². The lowest BCUT2D eigenvalue weighted by Gasteiger charge is -2.32. The van der Waals surface area contributed by atoms with Crippen LogP contribution in [0.1, 0.15) is 36.9 Å². The molecule has 214 valence electrons. The second kappa shape index (κ2) is 11.7. The summed E-state index contributed by atoms with van der Waals surface area (Å²) >= 11 is 6.43. The molecule has 4 rings (SSSR count). The van der Waals surface area contributed by atoms with Crippen LogP contribution < -0.4 is 20.1 Å². The van der Waals surface area contributed by atoms with Crippen molar-refractivity contribution in [2.24, 2.45) is 5.41 Å². The number of aliphatic hydroxyl groups excluding tert-OH is 1. The van der Waals surface area contributed by atoms with Crippen molar-refractivity contribution in [3.05, 3.63) is 68.9 Å². The van der Waals surface area contributed by atoms with Crippen LogP contribution in [-0.4, -0.2) is 65.3 Å². The van der Waals surface area contributed by atoms with Crippen molar-refractivity contribution >= 4 is 29.2 Å². The summed E-state index contributed by atoms with van der Waals surface area (Å²) in [4.78, 5) is 39.2. The number of aromatic nitrogens is 2. The topological polar surface area (TPSA) is 154 Å². The van der Waals surface area contributed by atoms with E-state index >= 15 is 0 Å². The molecule has 13 heteroatoms. The molecule has 12 nitrogen and oxygen atoms in total. The Morgan fingerprint density at radius 2 is 1.90 bits per heavy atom. The van der Waals surface area contributed by atoms with Gasteiger partial charge in [0, 0.05) is 46.8 Å². The number of benzene rings is 2. The van der Waals surface area contributed by atoms with Gasteiger partial charge in [-0.15, -0.1) is 0 Å². The van der Waals surface area contributed by atoms with E-state index in [2.05, 4.69) is 5.16 Å². The van der Waals surface area contributed by atoms with E-state index < -0.39 is 41.8 Å². The number of ether oxygens (including phenoxy) is 3. The lowest BCUT2D eigenvalue weighted by molar-refractivity contribution is -0.137. The third-order valence-electron chi connectivity index (χ3n) is 6.56. The number of aliphatic hydroxyl groups is 1. The summed E-state index contributed by atoms with van der Waals surface area (Å²) in [5.41, 5.74) is 0.877. The molecule has 2 aromatic carbocycles. The van der Waals surface area contributed by atoms with Gasteiger partial charge < -0.3 is 29.3 Å². The SMILES string of the molecule is COc1cccc([C@H]2O[C@H](Cc3noc(=O)n3CC(=O)O)C(=O)N(CC(C)(C)CO)c3ccc(Cl)cc32)c1OC. The van der Waals surface area contributed by atoms with Crippen molar-refractivity contribution in [2.75, 3.05) is 32.3 Å². The lowest BCUT2D eigenvalue weighted by Crippen LogP contribution is -2.46. The van der Waals surface area contributed by atoms with Gasteiger partial charge in [-0.05, 0) is 24.3 Å². The molecule has 0 unspecified atom stereocenters. The number of carboxylic acids is 1.